The number of esters is 1. The molecule has 1 fully saturated rings. The van der Waals surface area contributed by atoms with Crippen molar-refractivity contribution in [2.45, 2.75) is 58.5 Å². The summed E-state index contributed by atoms with van der Waals surface area (Å²) in [5, 5.41) is 14.5. The molecule has 0 aromatic carbocycles. The molecular weight excluding hydrogens is 630 g/mol. The molecule has 0 saturated heterocycles. The Labute approximate surface area is 278 Å². The summed E-state index contributed by atoms with van der Waals surface area (Å²) in [6, 6.07) is 9.77. The molecule has 0 radical (unpaired) electrons. The maximum absolute atomic E-state index is 13.1. The summed E-state index contributed by atoms with van der Waals surface area (Å²) in [6.45, 7) is 6.59. The lowest BCUT2D eigenvalue weighted by molar-refractivity contribution is -0.160. The first-order valence-corrected chi connectivity index (χ1v) is 15.9. The molecule has 0 aliphatic heterocycles. The van der Waals surface area contributed by atoms with E-state index in [1.807, 2.05) is 26.0 Å². The summed E-state index contributed by atoms with van der Waals surface area (Å²) < 4.78 is 51.4. The lowest BCUT2D eigenvalue weighted by Crippen LogP contribution is -2.37. The van der Waals surface area contributed by atoms with Crippen molar-refractivity contribution in [1.29, 1.82) is 0 Å². The number of carbonyl (C=O) groups excluding carboxylic acids is 2. The van der Waals surface area contributed by atoms with Gasteiger partial charge in [-0.05, 0) is 94.3 Å². The Bertz CT molecular complexity index is 1480. The molecule has 12 nitrogen and oxygen atoms in total. The molecule has 1 aliphatic carbocycles. The predicted molar refractivity (Wildman–Crippen MR) is 170 cm³/mol. The normalized spacial score (nSPS) is 17.4. The zero-order chi connectivity index (χ0) is 34.5. The van der Waals surface area contributed by atoms with Crippen molar-refractivity contribution in [1.82, 2.24) is 15.0 Å². The average molecular weight is 673 g/mol. The molecule has 3 aromatic rings. The van der Waals surface area contributed by atoms with Crippen molar-refractivity contribution in [2.75, 3.05) is 45.1 Å². The smallest absolute Gasteiger partial charge is 0.432 e. The Morgan fingerprint density at radius 3 is 2.42 bits per heavy atom. The summed E-state index contributed by atoms with van der Waals surface area (Å²) in [4.78, 5) is 37.5. The van der Waals surface area contributed by atoms with E-state index in [4.69, 9.17) is 23.7 Å². The van der Waals surface area contributed by atoms with Crippen LogP contribution in [0.15, 0.2) is 48.8 Å². The van der Waals surface area contributed by atoms with Gasteiger partial charge in [0, 0.05) is 30.1 Å². The zero-order valence-electron chi connectivity index (χ0n) is 27.3. The predicted octanol–water partition coefficient (Wildman–Crippen LogP) is 6.25. The van der Waals surface area contributed by atoms with E-state index in [9.17, 15) is 23.5 Å². The first kappa shape index (κ1) is 36.6. The van der Waals surface area contributed by atoms with Gasteiger partial charge in [-0.3, -0.25) is 9.78 Å². The highest BCUT2D eigenvalue weighted by Crippen LogP contribution is 2.41. The van der Waals surface area contributed by atoms with Gasteiger partial charge in [0.05, 0.1) is 37.1 Å². The minimum Gasteiger partial charge on any atom is -0.432 e. The van der Waals surface area contributed by atoms with E-state index in [2.05, 4.69) is 20.3 Å². The van der Waals surface area contributed by atoms with E-state index in [1.54, 1.807) is 25.3 Å². The first-order valence-electron chi connectivity index (χ1n) is 15.9. The average Bonchev–Trinajstić information content (AvgIpc) is 3.07. The van der Waals surface area contributed by atoms with Gasteiger partial charge in [-0.2, -0.15) is 0 Å². The molecule has 1 saturated carbocycles. The number of nitrogens with one attached hydrogen (secondary N) is 1. The summed E-state index contributed by atoms with van der Waals surface area (Å²) in [5.74, 6) is -0.305. The third-order valence-corrected chi connectivity index (χ3v) is 8.10. The van der Waals surface area contributed by atoms with Crippen molar-refractivity contribution in [3.8, 4) is 11.3 Å². The molecular formula is C34H42F2N4O8. The topological polar surface area (TPSA) is 151 Å². The van der Waals surface area contributed by atoms with Crippen molar-refractivity contribution in [3.05, 3.63) is 65.6 Å². The van der Waals surface area contributed by atoms with Crippen LogP contribution in [0.1, 0.15) is 62.8 Å². The van der Waals surface area contributed by atoms with Gasteiger partial charge in [0.15, 0.2) is 0 Å². The Morgan fingerprint density at radius 2 is 1.71 bits per heavy atom. The number of pyridine rings is 3. The molecule has 1 aliphatic rings. The Kier molecular flexibility index (Phi) is 13.5. The number of aliphatic hydroxyl groups is 1. The molecule has 1 atom stereocenters. The molecule has 0 spiro atoms. The Balaban J connectivity index is 1.24. The fraction of sp³-hybridized carbons (Fsp3) is 0.500. The van der Waals surface area contributed by atoms with Crippen LogP contribution < -0.4 is 5.32 Å². The van der Waals surface area contributed by atoms with Crippen molar-refractivity contribution in [2.24, 2.45) is 11.8 Å². The monoisotopic (exact) mass is 672 g/mol. The number of aromatic nitrogens is 3. The van der Waals surface area contributed by atoms with Gasteiger partial charge < -0.3 is 34.1 Å². The quantitative estimate of drug-likeness (QED) is 0.101. The maximum Gasteiger partial charge on any atom is 0.511 e. The van der Waals surface area contributed by atoms with Gasteiger partial charge in [-0.1, -0.05) is 0 Å². The molecule has 2 N–H and O–H groups in total. The molecule has 14 heteroatoms. The van der Waals surface area contributed by atoms with Gasteiger partial charge in [0.1, 0.15) is 23.8 Å². The number of rotatable bonds is 16. The summed E-state index contributed by atoms with van der Waals surface area (Å²) in [6.07, 6.45) is 1.51. The highest BCUT2D eigenvalue weighted by Gasteiger charge is 2.39. The Morgan fingerprint density at radius 1 is 0.958 bits per heavy atom. The van der Waals surface area contributed by atoms with Gasteiger partial charge in [0.25, 0.3) is 6.43 Å². The number of carbonyl (C=O) groups is 2. The number of hydrogen-bond donors (Lipinski definition) is 2. The lowest BCUT2D eigenvalue weighted by Gasteiger charge is -2.37. The van der Waals surface area contributed by atoms with Crippen LogP contribution in [0.3, 0.4) is 0 Å². The highest BCUT2D eigenvalue weighted by atomic mass is 19.3. The largest absolute Gasteiger partial charge is 0.511 e. The van der Waals surface area contributed by atoms with E-state index in [0.717, 1.165) is 5.56 Å². The van der Waals surface area contributed by atoms with Crippen LogP contribution in [-0.4, -0.2) is 72.0 Å². The molecule has 260 valence electrons. The van der Waals surface area contributed by atoms with Crippen LogP contribution in [0.5, 0.6) is 0 Å². The van der Waals surface area contributed by atoms with Crippen molar-refractivity contribution in [3.63, 3.8) is 0 Å². The van der Waals surface area contributed by atoms with E-state index in [1.165, 1.54) is 18.3 Å². The van der Waals surface area contributed by atoms with Crippen LogP contribution >= 0.6 is 0 Å². The van der Waals surface area contributed by atoms with Gasteiger partial charge in [-0.15, -0.1) is 0 Å². The van der Waals surface area contributed by atoms with Crippen LogP contribution in [0.4, 0.5) is 25.2 Å². The molecule has 3 aromatic heterocycles. The van der Waals surface area contributed by atoms with E-state index in [-0.39, 0.29) is 36.4 Å². The molecule has 0 bridgehead atoms. The zero-order valence-corrected chi connectivity index (χ0v) is 27.3. The number of hydrogen-bond acceptors (Lipinski definition) is 12. The number of nitrogens with zero attached hydrogens (tertiary/aromatic N) is 3. The Hall–Kier alpha value is -4.27. The fourth-order valence-electron chi connectivity index (χ4n) is 5.45. The molecule has 48 heavy (non-hydrogen) atoms. The second-order valence-electron chi connectivity index (χ2n) is 11.6. The number of anilines is 2. The fourth-order valence-corrected chi connectivity index (χ4v) is 5.45. The summed E-state index contributed by atoms with van der Waals surface area (Å²) in [7, 11) is 0. The van der Waals surface area contributed by atoms with Crippen molar-refractivity contribution < 1.29 is 47.2 Å². The standard InChI is InChI=1S/C34H42F2N4O8/c1-4-44-13-14-45-15-16-46-33(42)48-21-47-32(41)23-5-8-26(9-6-23)34(3,43)28-10-7-25(20-38-28)27-17-22(2)18-30(39-27)40-29-19-24(31(35)36)11-12-37-29/h7,10-12,17-20,23,26,31,43H,4-6,8-9,13-16,21H2,1-3H3,(H,37,39,40)/t23?,26?,34-/m1/s1. The second kappa shape index (κ2) is 17.8. The molecule has 0 unspecified atom stereocenters. The van der Waals surface area contributed by atoms with Crippen LogP contribution in [-0.2, 0) is 34.1 Å². The number of halogens is 2. The summed E-state index contributed by atoms with van der Waals surface area (Å²) >= 11 is 0. The maximum atomic E-state index is 13.1. The van der Waals surface area contributed by atoms with Crippen LogP contribution in [0.2, 0.25) is 0 Å². The third-order valence-electron chi connectivity index (χ3n) is 8.10. The third kappa shape index (κ3) is 10.6. The van der Waals surface area contributed by atoms with E-state index >= 15 is 0 Å². The lowest BCUT2D eigenvalue weighted by atomic mass is 9.73. The minimum absolute atomic E-state index is 0.00227. The second-order valence-corrected chi connectivity index (χ2v) is 11.6. The number of ether oxygens (including phenoxy) is 5. The highest BCUT2D eigenvalue weighted by molar-refractivity contribution is 5.72. The molecule has 4 rings (SSSR count). The van der Waals surface area contributed by atoms with Crippen molar-refractivity contribution >= 4 is 23.8 Å². The van der Waals surface area contributed by atoms with Gasteiger partial charge >= 0.3 is 12.1 Å². The first-order chi connectivity index (χ1) is 23.1. The minimum atomic E-state index is -2.61. The SMILES string of the molecule is CCOCCOCCOC(=O)OCOC(=O)C1CCC([C@@](C)(O)c2ccc(-c3cc(C)cc(Nc4cc(C(F)F)ccn4)n3)cn2)CC1. The van der Waals surface area contributed by atoms with E-state index < -0.39 is 30.9 Å². The molecule has 0 amide bonds. The van der Waals surface area contributed by atoms with Gasteiger partial charge in [-0.25, -0.2) is 23.5 Å². The molecule has 3 heterocycles. The van der Waals surface area contributed by atoms with Gasteiger partial charge in [0.2, 0.25) is 6.79 Å². The number of alkyl halides is 2. The van der Waals surface area contributed by atoms with E-state index in [0.29, 0.717) is 68.3 Å². The van der Waals surface area contributed by atoms with Crippen LogP contribution in [0.25, 0.3) is 11.3 Å². The number of aryl methyl sites for hydroxylation is 1. The van der Waals surface area contributed by atoms with Crippen LogP contribution in [0, 0.1) is 18.8 Å². The summed E-state index contributed by atoms with van der Waals surface area (Å²) in [5.41, 5.74) is 1.31.